The molecule has 10 aromatic rings. The standard InChI is InChI=1S/C50H35N5/c1-50(2)39-20-10-7-17-35(39)36-26-23-32(29-40(36)50)47-37-18-8-11-21-41(37)52-49(53-47)54-48(51)38-19-9-12-22-42(38)55-43-27-24-30-13-3-5-15-33(30)45(43)46-34-16-6-4-14-31(34)25-28-44(46)55/h3-29H,1-2H3,(H2,51,52,53,54). The third-order valence-corrected chi connectivity index (χ3v) is 11.7. The fraction of sp³-hybridized carbons (Fsp3) is 0.0600. The molecule has 2 aromatic heterocycles. The molecular formula is C50H35N5. The summed E-state index contributed by atoms with van der Waals surface area (Å²) in [6, 6.07) is 57.7. The first-order valence-electron chi connectivity index (χ1n) is 18.8. The zero-order valence-corrected chi connectivity index (χ0v) is 30.4. The number of hydrogen-bond donors (Lipinski definition) is 2. The van der Waals surface area contributed by atoms with Crippen LogP contribution < -0.4 is 5.62 Å². The van der Waals surface area contributed by atoms with E-state index in [1.165, 1.54) is 54.6 Å². The van der Waals surface area contributed by atoms with Gasteiger partial charge in [-0.25, -0.2) is 4.98 Å². The number of nitrogens with one attached hydrogen (secondary N) is 2. The van der Waals surface area contributed by atoms with Gasteiger partial charge in [0, 0.05) is 32.7 Å². The first kappa shape index (κ1) is 31.4. The molecule has 1 aliphatic rings. The number of benzene rings is 8. The van der Waals surface area contributed by atoms with Gasteiger partial charge in [-0.1, -0.05) is 141 Å². The van der Waals surface area contributed by atoms with Crippen LogP contribution in [0.4, 0.5) is 0 Å². The number of aromatic nitrogens is 3. The van der Waals surface area contributed by atoms with Crippen LogP contribution in [0, 0.1) is 5.41 Å². The van der Waals surface area contributed by atoms with E-state index in [-0.39, 0.29) is 11.3 Å². The van der Waals surface area contributed by atoms with Gasteiger partial charge in [-0.15, -0.1) is 0 Å². The smallest absolute Gasteiger partial charge is 0.229 e. The normalized spacial score (nSPS) is 13.6. The topological polar surface area (TPSA) is 69.8 Å². The quantitative estimate of drug-likeness (QED) is 0.139. The molecule has 1 aliphatic carbocycles. The predicted molar refractivity (Wildman–Crippen MR) is 227 cm³/mol. The van der Waals surface area contributed by atoms with E-state index >= 15 is 0 Å². The van der Waals surface area contributed by atoms with Crippen LogP contribution >= 0.6 is 0 Å². The Labute approximate surface area is 317 Å². The van der Waals surface area contributed by atoms with E-state index in [4.69, 9.17) is 9.98 Å². The Bertz CT molecular complexity index is 3230. The lowest BCUT2D eigenvalue weighted by atomic mass is 9.82. The Kier molecular flexibility index (Phi) is 6.68. The number of fused-ring (bicyclic) bond motifs is 11. The number of H-pyrrole nitrogens is 1. The molecule has 0 aliphatic heterocycles. The lowest BCUT2D eigenvalue weighted by Gasteiger charge is -2.22. The SMILES string of the molecule is CC1(C)c2ccccc2-c2ccc(-c3nc(=NC(=N)c4ccccc4-n4c5ccc6ccccc6c5c5c6ccccc6ccc54)[nH]c4ccccc34)cc21. The molecule has 55 heavy (non-hydrogen) atoms. The number of aromatic amines is 1. The van der Waals surface area contributed by atoms with Crippen molar-refractivity contribution in [3.63, 3.8) is 0 Å². The summed E-state index contributed by atoms with van der Waals surface area (Å²) >= 11 is 0. The molecule has 0 unspecified atom stereocenters. The van der Waals surface area contributed by atoms with E-state index < -0.39 is 0 Å². The van der Waals surface area contributed by atoms with Crippen LogP contribution in [-0.2, 0) is 5.41 Å². The first-order chi connectivity index (χ1) is 27.0. The Morgan fingerprint density at radius 3 is 1.95 bits per heavy atom. The van der Waals surface area contributed by atoms with Gasteiger partial charge in [0.25, 0.3) is 0 Å². The zero-order chi connectivity index (χ0) is 36.8. The Morgan fingerprint density at radius 1 is 0.600 bits per heavy atom. The highest BCUT2D eigenvalue weighted by Gasteiger charge is 2.35. The number of para-hydroxylation sites is 2. The predicted octanol–water partition coefficient (Wildman–Crippen LogP) is 11.9. The fourth-order valence-electron chi connectivity index (χ4n) is 9.08. The maximum atomic E-state index is 9.56. The minimum atomic E-state index is -0.136. The molecule has 2 heterocycles. The maximum absolute atomic E-state index is 9.56. The Hall–Kier alpha value is -7.11. The lowest BCUT2D eigenvalue weighted by molar-refractivity contribution is 0.660. The molecule has 11 rings (SSSR count). The van der Waals surface area contributed by atoms with Gasteiger partial charge in [-0.05, 0) is 80.2 Å². The fourth-order valence-corrected chi connectivity index (χ4v) is 9.08. The monoisotopic (exact) mass is 705 g/mol. The van der Waals surface area contributed by atoms with Crippen LogP contribution in [0.1, 0.15) is 30.5 Å². The van der Waals surface area contributed by atoms with E-state index in [0.29, 0.717) is 11.2 Å². The molecule has 0 bridgehead atoms. The van der Waals surface area contributed by atoms with Crippen molar-refractivity contribution < 1.29 is 0 Å². The zero-order valence-electron chi connectivity index (χ0n) is 30.4. The second-order valence-electron chi connectivity index (χ2n) is 15.1. The van der Waals surface area contributed by atoms with Gasteiger partial charge >= 0.3 is 0 Å². The number of amidine groups is 1. The van der Waals surface area contributed by atoms with Crippen molar-refractivity contribution in [3.8, 4) is 28.1 Å². The van der Waals surface area contributed by atoms with Gasteiger partial charge in [0.2, 0.25) is 5.62 Å². The van der Waals surface area contributed by atoms with Crippen molar-refractivity contribution in [2.45, 2.75) is 19.3 Å². The van der Waals surface area contributed by atoms with Crippen molar-refractivity contribution in [1.29, 1.82) is 5.41 Å². The summed E-state index contributed by atoms with van der Waals surface area (Å²) < 4.78 is 2.30. The maximum Gasteiger partial charge on any atom is 0.229 e. The van der Waals surface area contributed by atoms with Crippen LogP contribution in [0.2, 0.25) is 0 Å². The van der Waals surface area contributed by atoms with Crippen molar-refractivity contribution in [1.82, 2.24) is 14.5 Å². The summed E-state index contributed by atoms with van der Waals surface area (Å²) in [6.07, 6.45) is 0. The number of nitrogens with zero attached hydrogens (tertiary/aromatic N) is 3. The van der Waals surface area contributed by atoms with Crippen LogP contribution in [0.15, 0.2) is 169 Å². The number of rotatable bonds is 3. The van der Waals surface area contributed by atoms with Crippen molar-refractivity contribution in [2.24, 2.45) is 4.99 Å². The summed E-state index contributed by atoms with van der Waals surface area (Å²) in [5, 5.41) is 17.8. The Morgan fingerprint density at radius 2 is 1.20 bits per heavy atom. The highest BCUT2D eigenvalue weighted by atomic mass is 15.0. The highest BCUT2D eigenvalue weighted by molar-refractivity contribution is 6.28. The van der Waals surface area contributed by atoms with Gasteiger partial charge in [-0.2, -0.15) is 4.99 Å². The van der Waals surface area contributed by atoms with E-state index in [1.807, 2.05) is 30.3 Å². The first-order valence-corrected chi connectivity index (χ1v) is 18.8. The second kappa shape index (κ2) is 11.7. The summed E-state index contributed by atoms with van der Waals surface area (Å²) in [5.41, 5.74) is 12.0. The molecule has 0 radical (unpaired) electrons. The lowest BCUT2D eigenvalue weighted by Crippen LogP contribution is -2.18. The molecule has 0 atom stereocenters. The molecule has 0 fully saturated rings. The molecule has 0 amide bonds. The average molecular weight is 706 g/mol. The van der Waals surface area contributed by atoms with Gasteiger partial charge < -0.3 is 9.55 Å². The number of hydrogen-bond acceptors (Lipinski definition) is 2. The average Bonchev–Trinajstić information content (AvgIpc) is 3.69. The van der Waals surface area contributed by atoms with Crippen LogP contribution in [0.5, 0.6) is 0 Å². The molecular weight excluding hydrogens is 671 g/mol. The largest absolute Gasteiger partial charge is 0.323 e. The van der Waals surface area contributed by atoms with E-state index in [1.54, 1.807) is 0 Å². The van der Waals surface area contributed by atoms with Crippen LogP contribution in [0.25, 0.3) is 82.3 Å². The van der Waals surface area contributed by atoms with E-state index in [9.17, 15) is 5.41 Å². The van der Waals surface area contributed by atoms with E-state index in [0.717, 1.165) is 38.9 Å². The van der Waals surface area contributed by atoms with Gasteiger partial charge in [0.15, 0.2) is 5.84 Å². The third-order valence-electron chi connectivity index (χ3n) is 11.7. The third kappa shape index (κ3) is 4.63. The Balaban J connectivity index is 1.10. The molecule has 5 heteroatoms. The summed E-state index contributed by atoms with van der Waals surface area (Å²) in [7, 11) is 0. The summed E-state index contributed by atoms with van der Waals surface area (Å²) in [5.74, 6) is 0.127. The highest BCUT2D eigenvalue weighted by Crippen LogP contribution is 2.49. The second-order valence-corrected chi connectivity index (χ2v) is 15.1. The molecule has 0 saturated carbocycles. The molecule has 8 aromatic carbocycles. The van der Waals surface area contributed by atoms with Gasteiger partial charge in [0.05, 0.1) is 27.9 Å². The molecule has 260 valence electrons. The van der Waals surface area contributed by atoms with E-state index in [2.05, 4.69) is 157 Å². The molecule has 5 nitrogen and oxygen atoms in total. The van der Waals surface area contributed by atoms with Crippen LogP contribution in [0.3, 0.4) is 0 Å². The molecule has 2 N–H and O–H groups in total. The summed E-state index contributed by atoms with van der Waals surface area (Å²) in [6.45, 7) is 4.60. The van der Waals surface area contributed by atoms with Crippen molar-refractivity contribution >= 4 is 60.1 Å². The van der Waals surface area contributed by atoms with Gasteiger partial charge in [-0.3, -0.25) is 5.41 Å². The minimum absolute atomic E-state index is 0.127. The van der Waals surface area contributed by atoms with Crippen LogP contribution in [-0.4, -0.2) is 20.4 Å². The van der Waals surface area contributed by atoms with Crippen molar-refractivity contribution in [2.75, 3.05) is 0 Å². The van der Waals surface area contributed by atoms with Gasteiger partial charge in [0.1, 0.15) is 0 Å². The summed E-state index contributed by atoms with van der Waals surface area (Å²) in [4.78, 5) is 13.5. The molecule has 0 spiro atoms. The van der Waals surface area contributed by atoms with Crippen molar-refractivity contribution in [3.05, 3.63) is 186 Å². The molecule has 0 saturated heterocycles. The minimum Gasteiger partial charge on any atom is -0.323 e.